The highest BCUT2D eigenvalue weighted by Crippen LogP contribution is 2.22. The molecule has 88 valence electrons. The number of nitrogens with zero attached hydrogens (tertiary/aromatic N) is 4. The molecule has 1 saturated heterocycles. The summed E-state index contributed by atoms with van der Waals surface area (Å²) in [6, 6.07) is 2.32. The molecule has 17 heavy (non-hydrogen) atoms. The van der Waals surface area contributed by atoms with Crippen molar-refractivity contribution in [3.63, 3.8) is 0 Å². The molecule has 1 fully saturated rings. The van der Waals surface area contributed by atoms with Crippen LogP contribution < -0.4 is 5.32 Å². The molecule has 1 N–H and O–H groups in total. The van der Waals surface area contributed by atoms with Crippen molar-refractivity contribution in [2.45, 2.75) is 18.9 Å². The Balaban J connectivity index is 1.87. The maximum atomic E-state index is 4.49. The van der Waals surface area contributed by atoms with Crippen LogP contribution in [0, 0.1) is 0 Å². The summed E-state index contributed by atoms with van der Waals surface area (Å²) in [7, 11) is 1.91. The standard InChI is InChI=1S/C12H15N5/c1-17-12(4-6-16-17)11-8-14-10(7-15-11)9-3-2-5-13-9/h4,6-9,13H,2-3,5H2,1H3/t9-/m0/s1. The summed E-state index contributed by atoms with van der Waals surface area (Å²) >= 11 is 0. The molecule has 5 heteroatoms. The van der Waals surface area contributed by atoms with Gasteiger partial charge in [0.15, 0.2) is 0 Å². The van der Waals surface area contributed by atoms with Crippen LogP contribution in [0.25, 0.3) is 11.4 Å². The Bertz CT molecular complexity index is 496. The molecular formula is C12H15N5. The highest BCUT2D eigenvalue weighted by atomic mass is 15.3. The van der Waals surface area contributed by atoms with Crippen LogP contribution in [0.15, 0.2) is 24.7 Å². The predicted molar refractivity (Wildman–Crippen MR) is 64.2 cm³/mol. The van der Waals surface area contributed by atoms with Crippen molar-refractivity contribution in [1.82, 2.24) is 25.1 Å². The van der Waals surface area contributed by atoms with Crippen LogP contribution in [-0.4, -0.2) is 26.3 Å². The van der Waals surface area contributed by atoms with Gasteiger partial charge in [-0.05, 0) is 25.5 Å². The average Bonchev–Trinajstić information content (AvgIpc) is 3.00. The van der Waals surface area contributed by atoms with Gasteiger partial charge in [0.2, 0.25) is 0 Å². The van der Waals surface area contributed by atoms with E-state index in [1.807, 2.05) is 25.5 Å². The van der Waals surface area contributed by atoms with Crippen LogP contribution >= 0.6 is 0 Å². The molecule has 3 heterocycles. The molecule has 0 bridgehead atoms. The van der Waals surface area contributed by atoms with Crippen LogP contribution in [0.4, 0.5) is 0 Å². The number of rotatable bonds is 2. The molecular weight excluding hydrogens is 214 g/mol. The van der Waals surface area contributed by atoms with Gasteiger partial charge in [0.25, 0.3) is 0 Å². The monoisotopic (exact) mass is 229 g/mol. The van der Waals surface area contributed by atoms with Crippen molar-refractivity contribution in [2.24, 2.45) is 7.05 Å². The fourth-order valence-electron chi connectivity index (χ4n) is 2.21. The smallest absolute Gasteiger partial charge is 0.107 e. The largest absolute Gasteiger partial charge is 0.309 e. The molecule has 0 unspecified atom stereocenters. The molecule has 0 amide bonds. The van der Waals surface area contributed by atoms with Gasteiger partial charge >= 0.3 is 0 Å². The Morgan fingerprint density at radius 1 is 1.35 bits per heavy atom. The van der Waals surface area contributed by atoms with Crippen molar-refractivity contribution >= 4 is 0 Å². The van der Waals surface area contributed by atoms with Gasteiger partial charge in [-0.1, -0.05) is 0 Å². The van der Waals surface area contributed by atoms with Crippen molar-refractivity contribution < 1.29 is 0 Å². The second kappa shape index (κ2) is 4.25. The molecule has 3 rings (SSSR count). The third-order valence-electron chi connectivity index (χ3n) is 3.17. The predicted octanol–water partition coefficient (Wildman–Crippen LogP) is 1.30. The normalized spacial score (nSPS) is 19.7. The molecule has 0 spiro atoms. The topological polar surface area (TPSA) is 55.6 Å². The molecule has 0 radical (unpaired) electrons. The summed E-state index contributed by atoms with van der Waals surface area (Å²) in [6.45, 7) is 1.08. The number of nitrogens with one attached hydrogen (secondary N) is 1. The first kappa shape index (κ1) is 10.4. The first-order chi connectivity index (χ1) is 8.34. The molecule has 1 atom stereocenters. The van der Waals surface area contributed by atoms with E-state index < -0.39 is 0 Å². The van der Waals surface area contributed by atoms with Crippen molar-refractivity contribution in [3.05, 3.63) is 30.4 Å². The minimum absolute atomic E-state index is 0.378. The van der Waals surface area contributed by atoms with Crippen LogP contribution in [-0.2, 0) is 7.05 Å². The third kappa shape index (κ3) is 1.93. The van der Waals surface area contributed by atoms with Gasteiger partial charge in [0.05, 0.1) is 29.8 Å². The summed E-state index contributed by atoms with van der Waals surface area (Å²) < 4.78 is 1.80. The van der Waals surface area contributed by atoms with Gasteiger partial charge in [-0.3, -0.25) is 14.6 Å². The van der Waals surface area contributed by atoms with E-state index in [0.29, 0.717) is 6.04 Å². The molecule has 1 aliphatic heterocycles. The van der Waals surface area contributed by atoms with Crippen LogP contribution in [0.5, 0.6) is 0 Å². The Morgan fingerprint density at radius 2 is 2.29 bits per heavy atom. The number of hydrogen-bond donors (Lipinski definition) is 1. The summed E-state index contributed by atoms with van der Waals surface area (Å²) in [5.74, 6) is 0. The van der Waals surface area contributed by atoms with Crippen LogP contribution in [0.3, 0.4) is 0 Å². The van der Waals surface area contributed by atoms with E-state index >= 15 is 0 Å². The number of aryl methyl sites for hydroxylation is 1. The van der Waals surface area contributed by atoms with Crippen LogP contribution in [0.2, 0.25) is 0 Å². The Labute approximate surface area is 99.9 Å². The fraction of sp³-hybridized carbons (Fsp3) is 0.417. The maximum absolute atomic E-state index is 4.49. The lowest BCUT2D eigenvalue weighted by Crippen LogP contribution is -2.14. The molecule has 0 aromatic carbocycles. The number of aromatic nitrogens is 4. The van der Waals surface area contributed by atoms with E-state index in [0.717, 1.165) is 30.0 Å². The van der Waals surface area contributed by atoms with Gasteiger partial charge in [-0.15, -0.1) is 0 Å². The Morgan fingerprint density at radius 3 is 2.88 bits per heavy atom. The SMILES string of the molecule is Cn1nccc1-c1cnc([C@@H]2CCCN2)cn1. The van der Waals surface area contributed by atoms with Gasteiger partial charge < -0.3 is 5.32 Å². The quantitative estimate of drug-likeness (QED) is 0.843. The van der Waals surface area contributed by atoms with Crippen molar-refractivity contribution in [3.8, 4) is 11.4 Å². The molecule has 0 saturated carbocycles. The van der Waals surface area contributed by atoms with E-state index in [4.69, 9.17) is 0 Å². The first-order valence-electron chi connectivity index (χ1n) is 5.88. The van der Waals surface area contributed by atoms with E-state index in [1.165, 1.54) is 6.42 Å². The highest BCUT2D eigenvalue weighted by Gasteiger charge is 2.17. The second-order valence-electron chi connectivity index (χ2n) is 4.32. The summed E-state index contributed by atoms with van der Waals surface area (Å²) in [6.07, 6.45) is 7.83. The number of hydrogen-bond acceptors (Lipinski definition) is 4. The lowest BCUT2D eigenvalue weighted by molar-refractivity contribution is 0.624. The fourth-order valence-corrected chi connectivity index (χ4v) is 2.21. The zero-order valence-electron chi connectivity index (χ0n) is 9.80. The second-order valence-corrected chi connectivity index (χ2v) is 4.32. The summed E-state index contributed by atoms with van der Waals surface area (Å²) in [5.41, 5.74) is 2.89. The zero-order chi connectivity index (χ0) is 11.7. The maximum Gasteiger partial charge on any atom is 0.107 e. The first-order valence-corrected chi connectivity index (χ1v) is 5.88. The Hall–Kier alpha value is -1.75. The average molecular weight is 229 g/mol. The lowest BCUT2D eigenvalue weighted by atomic mass is 10.2. The molecule has 5 nitrogen and oxygen atoms in total. The van der Waals surface area contributed by atoms with Crippen LogP contribution in [0.1, 0.15) is 24.6 Å². The van der Waals surface area contributed by atoms with Gasteiger partial charge in [0, 0.05) is 13.2 Å². The third-order valence-corrected chi connectivity index (χ3v) is 3.17. The minimum Gasteiger partial charge on any atom is -0.309 e. The van der Waals surface area contributed by atoms with Gasteiger partial charge in [-0.25, -0.2) is 0 Å². The molecule has 2 aromatic heterocycles. The highest BCUT2D eigenvalue weighted by molar-refractivity contribution is 5.52. The Kier molecular flexibility index (Phi) is 2.60. The minimum atomic E-state index is 0.378. The van der Waals surface area contributed by atoms with E-state index in [-0.39, 0.29) is 0 Å². The lowest BCUT2D eigenvalue weighted by Gasteiger charge is -2.09. The molecule has 0 aliphatic carbocycles. The van der Waals surface area contributed by atoms with E-state index in [9.17, 15) is 0 Å². The van der Waals surface area contributed by atoms with Crippen molar-refractivity contribution in [1.29, 1.82) is 0 Å². The van der Waals surface area contributed by atoms with Crippen molar-refractivity contribution in [2.75, 3.05) is 6.54 Å². The summed E-state index contributed by atoms with van der Waals surface area (Å²) in [4.78, 5) is 8.95. The van der Waals surface area contributed by atoms with Gasteiger partial charge in [0.1, 0.15) is 5.69 Å². The molecule has 2 aromatic rings. The van der Waals surface area contributed by atoms with Gasteiger partial charge in [-0.2, -0.15) is 5.10 Å². The van der Waals surface area contributed by atoms with E-state index in [1.54, 1.807) is 10.9 Å². The van der Waals surface area contributed by atoms with E-state index in [2.05, 4.69) is 20.4 Å². The zero-order valence-corrected chi connectivity index (χ0v) is 9.80. The molecule has 1 aliphatic rings. The summed E-state index contributed by atoms with van der Waals surface area (Å²) in [5, 5.41) is 7.55.